The lowest BCUT2D eigenvalue weighted by molar-refractivity contribution is 0.547. The highest BCUT2D eigenvalue weighted by Gasteiger charge is 2.28. The normalized spacial score (nSPS) is 19.3. The van der Waals surface area contributed by atoms with Gasteiger partial charge >= 0.3 is 0 Å². The van der Waals surface area contributed by atoms with Crippen molar-refractivity contribution < 1.29 is 4.74 Å². The molecule has 3 heteroatoms. The Morgan fingerprint density at radius 3 is 3.00 bits per heavy atom. The van der Waals surface area contributed by atoms with Crippen molar-refractivity contribution in [3.8, 4) is 5.75 Å². The van der Waals surface area contributed by atoms with Gasteiger partial charge in [-0.2, -0.15) is 0 Å². The molecule has 1 aromatic rings. The molecule has 14 heavy (non-hydrogen) atoms. The van der Waals surface area contributed by atoms with E-state index in [9.17, 15) is 0 Å². The third-order valence-electron chi connectivity index (χ3n) is 2.54. The summed E-state index contributed by atoms with van der Waals surface area (Å²) in [7, 11) is 0. The minimum atomic E-state index is 0.0654. The highest BCUT2D eigenvalue weighted by molar-refractivity contribution is 5.88. The second-order valence-corrected chi connectivity index (χ2v) is 3.64. The fourth-order valence-electron chi connectivity index (χ4n) is 1.80. The Kier molecular flexibility index (Phi) is 2.25. The van der Waals surface area contributed by atoms with E-state index in [0.717, 1.165) is 23.3 Å². The maximum Gasteiger partial charge on any atom is 0.195 e. The number of nitrogens with two attached hydrogens (primary N) is 1. The first-order valence-corrected chi connectivity index (χ1v) is 4.79. The first-order valence-electron chi connectivity index (χ1n) is 4.79. The summed E-state index contributed by atoms with van der Waals surface area (Å²) < 4.78 is 5.38. The van der Waals surface area contributed by atoms with Crippen molar-refractivity contribution in [2.45, 2.75) is 19.3 Å². The third kappa shape index (κ3) is 1.40. The van der Waals surface area contributed by atoms with Crippen molar-refractivity contribution in [2.75, 3.05) is 6.54 Å². The van der Waals surface area contributed by atoms with Crippen LogP contribution in [0.3, 0.4) is 0 Å². The zero-order valence-electron chi connectivity index (χ0n) is 8.21. The summed E-state index contributed by atoms with van der Waals surface area (Å²) in [5.41, 5.74) is 7.77. The van der Waals surface area contributed by atoms with Crippen molar-refractivity contribution in [3.63, 3.8) is 0 Å². The third-order valence-corrected chi connectivity index (χ3v) is 2.54. The minimum Gasteiger partial charge on any atom is -0.443 e. The number of aryl methyl sites for hydroxylation is 1. The summed E-state index contributed by atoms with van der Waals surface area (Å²) in [6, 6.07) is 6.05. The Labute approximate surface area is 83.4 Å². The second kappa shape index (κ2) is 3.42. The molecule has 0 fully saturated rings. The molecule has 1 unspecified atom stereocenters. The van der Waals surface area contributed by atoms with Crippen molar-refractivity contribution in [2.24, 2.45) is 5.73 Å². The lowest BCUT2D eigenvalue weighted by atomic mass is 9.96. The van der Waals surface area contributed by atoms with Gasteiger partial charge in [0.05, 0.1) is 5.92 Å². The molecule has 74 valence electrons. The summed E-state index contributed by atoms with van der Waals surface area (Å²) in [5, 5.41) is 7.69. The number of fused-ring (bicyclic) bond motifs is 1. The van der Waals surface area contributed by atoms with Crippen LogP contribution in [0.4, 0.5) is 0 Å². The van der Waals surface area contributed by atoms with Crippen LogP contribution in [0.2, 0.25) is 0 Å². The number of rotatable bonds is 2. The van der Waals surface area contributed by atoms with Crippen LogP contribution in [0.25, 0.3) is 0 Å². The van der Waals surface area contributed by atoms with Crippen molar-refractivity contribution in [1.29, 1.82) is 5.41 Å². The van der Waals surface area contributed by atoms with E-state index in [1.165, 1.54) is 0 Å². The number of ether oxygens (including phenoxy) is 1. The molecule has 3 N–H and O–H groups in total. The van der Waals surface area contributed by atoms with E-state index < -0.39 is 0 Å². The van der Waals surface area contributed by atoms with E-state index in [-0.39, 0.29) is 5.92 Å². The van der Waals surface area contributed by atoms with Gasteiger partial charge in [0.1, 0.15) is 5.75 Å². The molecular formula is C11H14N2O. The highest BCUT2D eigenvalue weighted by Crippen LogP contribution is 2.37. The van der Waals surface area contributed by atoms with Crippen LogP contribution in [0.15, 0.2) is 18.2 Å². The van der Waals surface area contributed by atoms with Gasteiger partial charge in [-0.1, -0.05) is 12.1 Å². The lowest BCUT2D eigenvalue weighted by Crippen LogP contribution is -2.13. The Bertz CT molecular complexity index is 374. The Hall–Kier alpha value is -1.35. The highest BCUT2D eigenvalue weighted by atomic mass is 16.5. The smallest absolute Gasteiger partial charge is 0.195 e. The number of nitrogens with one attached hydrogen (secondary N) is 1. The summed E-state index contributed by atoms with van der Waals surface area (Å²) in [4.78, 5) is 0. The van der Waals surface area contributed by atoms with E-state index in [2.05, 4.69) is 0 Å². The Balaban J connectivity index is 2.37. The summed E-state index contributed by atoms with van der Waals surface area (Å²) in [6.07, 6.45) is 0.787. The molecule has 3 nitrogen and oxygen atoms in total. The van der Waals surface area contributed by atoms with Gasteiger partial charge < -0.3 is 10.5 Å². The van der Waals surface area contributed by atoms with Crippen molar-refractivity contribution in [1.82, 2.24) is 0 Å². The quantitative estimate of drug-likeness (QED) is 0.747. The first kappa shape index (κ1) is 9.21. The van der Waals surface area contributed by atoms with Gasteiger partial charge in [0.2, 0.25) is 0 Å². The van der Waals surface area contributed by atoms with Crippen LogP contribution in [0, 0.1) is 12.3 Å². The van der Waals surface area contributed by atoms with Crippen LogP contribution in [-0.2, 0) is 0 Å². The average molecular weight is 190 g/mol. The van der Waals surface area contributed by atoms with Gasteiger partial charge in [0.25, 0.3) is 0 Å². The van der Waals surface area contributed by atoms with Gasteiger partial charge in [-0.15, -0.1) is 0 Å². The minimum absolute atomic E-state index is 0.0654. The van der Waals surface area contributed by atoms with E-state index >= 15 is 0 Å². The molecular weight excluding hydrogens is 176 g/mol. The average Bonchev–Trinajstić information content (AvgIpc) is 2.43. The van der Waals surface area contributed by atoms with E-state index in [1.807, 2.05) is 25.1 Å². The van der Waals surface area contributed by atoms with Gasteiger partial charge in [0, 0.05) is 5.56 Å². The molecule has 1 aliphatic rings. The predicted molar refractivity (Wildman–Crippen MR) is 55.9 cm³/mol. The summed E-state index contributed by atoms with van der Waals surface area (Å²) >= 11 is 0. The maximum absolute atomic E-state index is 7.69. The zero-order chi connectivity index (χ0) is 10.1. The molecule has 0 aliphatic carbocycles. The fraction of sp³-hybridized carbons (Fsp3) is 0.364. The Morgan fingerprint density at radius 1 is 1.50 bits per heavy atom. The molecule has 0 spiro atoms. The molecule has 2 rings (SSSR count). The summed E-state index contributed by atoms with van der Waals surface area (Å²) in [5.74, 6) is 1.22. The molecule has 0 amide bonds. The van der Waals surface area contributed by atoms with Crippen LogP contribution >= 0.6 is 0 Å². The van der Waals surface area contributed by atoms with Crippen molar-refractivity contribution in [3.05, 3.63) is 29.3 Å². The van der Waals surface area contributed by atoms with Crippen LogP contribution in [0.1, 0.15) is 23.5 Å². The molecule has 0 aromatic heterocycles. The molecule has 0 saturated heterocycles. The second-order valence-electron chi connectivity index (χ2n) is 3.64. The van der Waals surface area contributed by atoms with Crippen molar-refractivity contribution >= 4 is 5.90 Å². The maximum atomic E-state index is 7.69. The SMILES string of the molecule is Cc1ccc2c(c1)OC(=N)C2CCN. The monoisotopic (exact) mass is 190 g/mol. The number of hydrogen-bond donors (Lipinski definition) is 2. The molecule has 1 aromatic carbocycles. The Morgan fingerprint density at radius 2 is 2.29 bits per heavy atom. The fourth-order valence-corrected chi connectivity index (χ4v) is 1.80. The van der Waals surface area contributed by atoms with E-state index in [0.29, 0.717) is 12.4 Å². The molecule has 0 radical (unpaired) electrons. The first-order chi connectivity index (χ1) is 6.72. The van der Waals surface area contributed by atoms with Crippen LogP contribution in [0.5, 0.6) is 5.75 Å². The predicted octanol–water partition coefficient (Wildman–Crippen LogP) is 1.80. The largest absolute Gasteiger partial charge is 0.443 e. The molecule has 0 saturated carbocycles. The molecule has 1 aliphatic heterocycles. The number of benzene rings is 1. The zero-order valence-corrected chi connectivity index (χ0v) is 8.21. The number of hydrogen-bond acceptors (Lipinski definition) is 3. The van der Waals surface area contributed by atoms with Gasteiger partial charge in [-0.3, -0.25) is 5.41 Å². The lowest BCUT2D eigenvalue weighted by Gasteiger charge is -2.05. The summed E-state index contributed by atoms with van der Waals surface area (Å²) in [6.45, 7) is 2.60. The van der Waals surface area contributed by atoms with E-state index in [1.54, 1.807) is 0 Å². The molecule has 0 bridgehead atoms. The van der Waals surface area contributed by atoms with Crippen LogP contribution in [-0.4, -0.2) is 12.4 Å². The topological polar surface area (TPSA) is 59.1 Å². The van der Waals surface area contributed by atoms with Crippen LogP contribution < -0.4 is 10.5 Å². The van der Waals surface area contributed by atoms with Gasteiger partial charge in [-0.25, -0.2) is 0 Å². The van der Waals surface area contributed by atoms with Gasteiger partial charge in [0.15, 0.2) is 5.90 Å². The van der Waals surface area contributed by atoms with E-state index in [4.69, 9.17) is 15.9 Å². The van der Waals surface area contributed by atoms with Gasteiger partial charge in [-0.05, 0) is 31.5 Å². The molecule has 1 atom stereocenters. The standard InChI is InChI=1S/C11H14N2O/c1-7-2-3-8-9(4-5-12)11(13)14-10(8)6-7/h2-3,6,9,13H,4-5,12H2,1H3. The molecule has 1 heterocycles.